The molecule has 2 aromatic rings. The van der Waals surface area contributed by atoms with Crippen LogP contribution >= 0.6 is 0 Å². The number of aromatic hydroxyl groups is 1. The number of nitrogens with one attached hydrogen (secondary N) is 1. The molecule has 0 spiro atoms. The van der Waals surface area contributed by atoms with Crippen molar-refractivity contribution >= 4 is 29.2 Å². The van der Waals surface area contributed by atoms with E-state index in [0.717, 1.165) is 0 Å². The Labute approximate surface area is 231 Å². The lowest BCUT2D eigenvalue weighted by molar-refractivity contribution is -0.385. The van der Waals surface area contributed by atoms with Crippen LogP contribution in [0.4, 0.5) is 5.69 Å². The maximum atomic E-state index is 13.4. The Balaban J connectivity index is 1.86. The molecule has 0 aromatic heterocycles. The predicted molar refractivity (Wildman–Crippen MR) is 146 cm³/mol. The molecule has 0 radical (unpaired) electrons. The molecule has 0 saturated heterocycles. The second kappa shape index (κ2) is 13.5. The Hall–Kier alpha value is -4.58. The van der Waals surface area contributed by atoms with Gasteiger partial charge in [-0.25, -0.2) is 4.79 Å². The number of hydrogen-bond acceptors (Lipinski definition) is 10. The third kappa shape index (κ3) is 7.08. The lowest BCUT2D eigenvalue weighted by atomic mass is 9.75. The number of benzene rings is 2. The van der Waals surface area contributed by atoms with Crippen molar-refractivity contribution in [2.45, 2.75) is 19.8 Å². The summed E-state index contributed by atoms with van der Waals surface area (Å²) in [5.74, 6) is -4.49. The summed E-state index contributed by atoms with van der Waals surface area (Å²) in [6.45, 7) is 3.41. The van der Waals surface area contributed by atoms with Gasteiger partial charge in [-0.3, -0.25) is 24.7 Å². The molecule has 1 aliphatic rings. The Kier molecular flexibility index (Phi) is 10.1. The van der Waals surface area contributed by atoms with Crippen LogP contribution in [0.25, 0.3) is 0 Å². The fraction of sp³-hybridized carbons (Fsp3) is 0.357. The molecule has 0 aliphatic carbocycles. The number of carbonyl (C=O) groups excluding carboxylic acids is 3. The van der Waals surface area contributed by atoms with E-state index >= 15 is 0 Å². The number of ether oxygens (including phenoxy) is 2. The maximum absolute atomic E-state index is 13.4. The number of nitro benzene ring substituents is 1. The van der Waals surface area contributed by atoms with Crippen LogP contribution in [0.5, 0.6) is 5.75 Å². The first kappa shape index (κ1) is 30.0. The first-order valence-electron chi connectivity index (χ1n) is 12.6. The van der Waals surface area contributed by atoms with E-state index in [-0.39, 0.29) is 53.6 Å². The van der Waals surface area contributed by atoms with Crippen molar-refractivity contribution in [2.75, 3.05) is 40.4 Å². The van der Waals surface area contributed by atoms with Crippen LogP contribution in [0.2, 0.25) is 0 Å². The van der Waals surface area contributed by atoms with Crippen LogP contribution in [0, 0.1) is 16.0 Å². The smallest absolute Gasteiger partial charge is 0.336 e. The number of nitrogens with zero attached hydrogens (tertiary/aromatic N) is 3. The number of carbonyl (C=O) groups is 3. The van der Waals surface area contributed by atoms with Gasteiger partial charge in [0.15, 0.2) is 0 Å². The standard InChI is InChI=1S/C28H32N4O8/c1-17-23(27(35)39-15-13-29-26(34)20-10-6-8-12-22(20)33)25(19-9-5-7-11-21(19)32(37)38)24(18(2)30-17)28(36)40-16-14-31(3)4/h5-12,23,25,33H,13-16H2,1-4H3,(H,29,34)/t23?,25-/m1/s1. The summed E-state index contributed by atoms with van der Waals surface area (Å²) in [6.07, 6.45) is 0. The van der Waals surface area contributed by atoms with E-state index in [1.165, 1.54) is 30.3 Å². The molecular formula is C28H32N4O8. The first-order valence-corrected chi connectivity index (χ1v) is 12.6. The zero-order valence-electron chi connectivity index (χ0n) is 22.7. The van der Waals surface area contributed by atoms with Gasteiger partial charge in [-0.05, 0) is 40.1 Å². The summed E-state index contributed by atoms with van der Waals surface area (Å²) >= 11 is 0. The Morgan fingerprint density at radius 1 is 1.05 bits per heavy atom. The van der Waals surface area contributed by atoms with E-state index in [4.69, 9.17) is 9.47 Å². The minimum atomic E-state index is -1.16. The average Bonchev–Trinajstić information content (AvgIpc) is 2.90. The van der Waals surface area contributed by atoms with Gasteiger partial charge in [0.25, 0.3) is 11.6 Å². The van der Waals surface area contributed by atoms with E-state index in [2.05, 4.69) is 10.3 Å². The summed E-state index contributed by atoms with van der Waals surface area (Å²) in [7, 11) is 3.64. The molecule has 0 saturated carbocycles. The number of esters is 2. The zero-order chi connectivity index (χ0) is 29.4. The van der Waals surface area contributed by atoms with Gasteiger partial charge < -0.3 is 24.8 Å². The number of para-hydroxylation sites is 2. The summed E-state index contributed by atoms with van der Waals surface area (Å²) in [5.41, 5.74) is 0.590. The number of allylic oxidation sites excluding steroid dienone is 1. The SMILES string of the molecule is CC1=NC(C)=C(C(=O)OCCN(C)C)[C@H](c2ccccc2[N+](=O)[O-])C1C(=O)OCCNC(=O)c1ccccc1O. The number of aliphatic imine (C=N–C) groups is 1. The summed E-state index contributed by atoms with van der Waals surface area (Å²) in [6, 6.07) is 11.9. The van der Waals surface area contributed by atoms with Crippen molar-refractivity contribution in [1.29, 1.82) is 0 Å². The van der Waals surface area contributed by atoms with Crippen LogP contribution in [0.3, 0.4) is 0 Å². The van der Waals surface area contributed by atoms with Crippen molar-refractivity contribution in [3.63, 3.8) is 0 Å². The van der Waals surface area contributed by atoms with E-state index in [9.17, 15) is 29.6 Å². The summed E-state index contributed by atoms with van der Waals surface area (Å²) < 4.78 is 10.9. The number of nitro groups is 1. The number of phenolic OH excluding ortho intramolecular Hbond substituents is 1. The number of phenols is 1. The van der Waals surface area contributed by atoms with Crippen LogP contribution in [0.1, 0.15) is 35.7 Å². The molecule has 2 atom stereocenters. The van der Waals surface area contributed by atoms with Crippen LogP contribution in [-0.2, 0) is 19.1 Å². The monoisotopic (exact) mass is 552 g/mol. The molecule has 212 valence electrons. The van der Waals surface area contributed by atoms with Gasteiger partial charge in [-0.15, -0.1) is 0 Å². The molecule has 3 rings (SSSR count). The molecule has 1 unspecified atom stereocenters. The predicted octanol–water partition coefficient (Wildman–Crippen LogP) is 2.83. The number of amides is 1. The highest BCUT2D eigenvalue weighted by Crippen LogP contribution is 2.43. The van der Waals surface area contributed by atoms with Crippen molar-refractivity contribution in [3.8, 4) is 5.75 Å². The molecular weight excluding hydrogens is 520 g/mol. The third-order valence-corrected chi connectivity index (χ3v) is 6.32. The van der Waals surface area contributed by atoms with Gasteiger partial charge >= 0.3 is 11.9 Å². The van der Waals surface area contributed by atoms with Crippen LogP contribution in [-0.4, -0.2) is 78.9 Å². The minimum Gasteiger partial charge on any atom is -0.507 e. The average molecular weight is 553 g/mol. The lowest BCUT2D eigenvalue weighted by Gasteiger charge is -2.31. The maximum Gasteiger partial charge on any atom is 0.336 e. The molecule has 12 heteroatoms. The molecule has 0 fully saturated rings. The van der Waals surface area contributed by atoms with Crippen molar-refractivity contribution in [2.24, 2.45) is 10.9 Å². The van der Waals surface area contributed by atoms with E-state index in [1.807, 2.05) is 19.0 Å². The Morgan fingerprint density at radius 3 is 2.40 bits per heavy atom. The van der Waals surface area contributed by atoms with Crippen molar-refractivity contribution in [3.05, 3.63) is 81.0 Å². The Morgan fingerprint density at radius 2 is 1.73 bits per heavy atom. The first-order chi connectivity index (χ1) is 19.0. The molecule has 0 bridgehead atoms. The highest BCUT2D eigenvalue weighted by atomic mass is 16.6. The third-order valence-electron chi connectivity index (χ3n) is 6.32. The largest absolute Gasteiger partial charge is 0.507 e. The Bertz CT molecular complexity index is 1350. The molecule has 1 amide bonds. The summed E-state index contributed by atoms with van der Waals surface area (Å²) in [5, 5.41) is 24.3. The van der Waals surface area contributed by atoms with Gasteiger partial charge in [0.1, 0.15) is 24.9 Å². The van der Waals surface area contributed by atoms with E-state index in [1.54, 1.807) is 32.0 Å². The molecule has 12 nitrogen and oxygen atoms in total. The normalized spacial score (nSPS) is 16.8. The summed E-state index contributed by atoms with van der Waals surface area (Å²) in [4.78, 5) is 56.6. The van der Waals surface area contributed by atoms with Crippen LogP contribution in [0.15, 0.2) is 64.8 Å². The van der Waals surface area contributed by atoms with Crippen molar-refractivity contribution in [1.82, 2.24) is 10.2 Å². The second-order valence-corrected chi connectivity index (χ2v) is 9.40. The number of hydrogen-bond donors (Lipinski definition) is 2. The molecule has 1 aliphatic heterocycles. The topological polar surface area (TPSA) is 161 Å². The fourth-order valence-electron chi connectivity index (χ4n) is 4.43. The van der Waals surface area contributed by atoms with E-state index < -0.39 is 34.6 Å². The molecule has 1 heterocycles. The van der Waals surface area contributed by atoms with Gasteiger partial charge in [-0.1, -0.05) is 30.3 Å². The zero-order valence-corrected chi connectivity index (χ0v) is 22.7. The lowest BCUT2D eigenvalue weighted by Crippen LogP contribution is -2.38. The number of likely N-dealkylation sites (N-methyl/N-ethyl adjacent to an activating group) is 1. The molecule has 40 heavy (non-hydrogen) atoms. The second-order valence-electron chi connectivity index (χ2n) is 9.40. The van der Waals surface area contributed by atoms with Crippen molar-refractivity contribution < 1.29 is 33.9 Å². The van der Waals surface area contributed by atoms with Gasteiger partial charge in [0, 0.05) is 35.5 Å². The molecule has 2 N–H and O–H groups in total. The highest BCUT2D eigenvalue weighted by Gasteiger charge is 2.44. The van der Waals surface area contributed by atoms with Gasteiger partial charge in [0.2, 0.25) is 0 Å². The minimum absolute atomic E-state index is 0.0356. The molecule has 2 aromatic carbocycles. The quantitative estimate of drug-likeness (QED) is 0.185. The van der Waals surface area contributed by atoms with Gasteiger partial charge in [-0.2, -0.15) is 0 Å². The number of rotatable bonds is 11. The van der Waals surface area contributed by atoms with E-state index in [0.29, 0.717) is 12.3 Å². The van der Waals surface area contributed by atoms with Gasteiger partial charge in [0.05, 0.1) is 22.6 Å². The highest BCUT2D eigenvalue weighted by molar-refractivity contribution is 6.07. The van der Waals surface area contributed by atoms with Crippen LogP contribution < -0.4 is 5.32 Å². The fourth-order valence-corrected chi connectivity index (χ4v) is 4.43.